The van der Waals surface area contributed by atoms with Gasteiger partial charge < -0.3 is 19.7 Å². The zero-order valence-electron chi connectivity index (χ0n) is 14.5. The summed E-state index contributed by atoms with van der Waals surface area (Å²) in [4.78, 5) is 26.2. The van der Waals surface area contributed by atoms with Gasteiger partial charge >= 0.3 is 6.01 Å². The molecule has 0 spiro atoms. The Morgan fingerprint density at radius 2 is 2.00 bits per heavy atom. The Morgan fingerprint density at radius 1 is 1.28 bits per heavy atom. The number of para-hydroxylation sites is 1. The number of anilines is 1. The highest BCUT2D eigenvalue weighted by Gasteiger charge is 2.17. The average Bonchev–Trinajstić information content (AvgIpc) is 2.61. The number of halogens is 1. The van der Waals surface area contributed by atoms with Gasteiger partial charge in [0.05, 0.1) is 13.7 Å². The van der Waals surface area contributed by atoms with Crippen molar-refractivity contribution in [1.82, 2.24) is 20.3 Å². The number of nitrogens with zero attached hydrogens (tertiary/aromatic N) is 4. The second kappa shape index (κ2) is 8.22. The number of carbonyl (C=O) groups is 1. The van der Waals surface area contributed by atoms with E-state index < -0.39 is 17.8 Å². The number of rotatable bonds is 7. The fraction of sp³-hybridized carbons (Fsp3) is 0.375. The lowest BCUT2D eigenvalue weighted by Crippen LogP contribution is -2.36. The number of hydrogen-bond donors (Lipinski definition) is 1. The first-order valence-corrected chi connectivity index (χ1v) is 7.56. The second-order valence-electron chi connectivity index (χ2n) is 5.34. The third-order valence-corrected chi connectivity index (χ3v) is 3.16. The molecule has 1 aromatic heterocycles. The summed E-state index contributed by atoms with van der Waals surface area (Å²) < 4.78 is 23.9. The zero-order valence-corrected chi connectivity index (χ0v) is 14.5. The molecule has 134 valence electrons. The molecule has 8 nitrogen and oxygen atoms in total. The molecule has 2 aromatic rings. The predicted octanol–water partition coefficient (Wildman–Crippen LogP) is 1.17. The fourth-order valence-corrected chi connectivity index (χ4v) is 1.85. The van der Waals surface area contributed by atoms with E-state index in [1.807, 2.05) is 0 Å². The molecule has 0 aliphatic heterocycles. The maximum absolute atomic E-state index is 13.6. The van der Waals surface area contributed by atoms with Crippen LogP contribution in [0.1, 0.15) is 12.7 Å². The van der Waals surface area contributed by atoms with Crippen LogP contribution in [0.2, 0.25) is 0 Å². The van der Waals surface area contributed by atoms with Crippen molar-refractivity contribution in [3.8, 4) is 11.8 Å². The van der Waals surface area contributed by atoms with E-state index in [0.29, 0.717) is 11.8 Å². The molecule has 0 unspecified atom stereocenters. The number of aromatic nitrogens is 3. The Morgan fingerprint density at radius 3 is 2.64 bits per heavy atom. The molecule has 0 bridgehead atoms. The Labute approximate surface area is 145 Å². The molecular weight excluding hydrogens is 329 g/mol. The largest absolute Gasteiger partial charge is 0.478 e. The summed E-state index contributed by atoms with van der Waals surface area (Å²) in [5.41, 5.74) is 0. The van der Waals surface area contributed by atoms with Gasteiger partial charge in [-0.15, -0.1) is 0 Å². The molecule has 25 heavy (non-hydrogen) atoms. The van der Waals surface area contributed by atoms with Gasteiger partial charge in [0.1, 0.15) is 0 Å². The average molecular weight is 349 g/mol. The molecule has 1 amide bonds. The van der Waals surface area contributed by atoms with Gasteiger partial charge in [0.15, 0.2) is 23.5 Å². The van der Waals surface area contributed by atoms with Gasteiger partial charge in [-0.2, -0.15) is 15.0 Å². The van der Waals surface area contributed by atoms with Crippen LogP contribution >= 0.6 is 0 Å². The van der Waals surface area contributed by atoms with Crippen molar-refractivity contribution >= 4 is 11.9 Å². The quantitative estimate of drug-likeness (QED) is 0.802. The molecule has 0 aliphatic carbocycles. The SMILES string of the molecule is COc1nc(CNC(=O)[C@@H](C)Oc2ccccc2F)nc(N(C)C)n1. The van der Waals surface area contributed by atoms with Gasteiger partial charge in [0, 0.05) is 14.1 Å². The van der Waals surface area contributed by atoms with E-state index >= 15 is 0 Å². The van der Waals surface area contributed by atoms with Gasteiger partial charge in [0.2, 0.25) is 5.95 Å². The van der Waals surface area contributed by atoms with Crippen LogP contribution in [0.15, 0.2) is 24.3 Å². The Bertz CT molecular complexity index is 741. The van der Waals surface area contributed by atoms with E-state index in [1.54, 1.807) is 31.1 Å². The molecule has 0 radical (unpaired) electrons. The molecular formula is C16H20FN5O3. The van der Waals surface area contributed by atoms with E-state index in [1.165, 1.54) is 26.2 Å². The molecule has 1 atom stereocenters. The Hall–Kier alpha value is -2.97. The van der Waals surface area contributed by atoms with Crippen molar-refractivity contribution in [2.75, 3.05) is 26.1 Å². The molecule has 1 heterocycles. The highest BCUT2D eigenvalue weighted by molar-refractivity contribution is 5.80. The first-order valence-electron chi connectivity index (χ1n) is 7.56. The Balaban J connectivity index is 1.99. The minimum Gasteiger partial charge on any atom is -0.478 e. The first-order chi connectivity index (χ1) is 11.9. The van der Waals surface area contributed by atoms with Crippen LogP contribution in [0.4, 0.5) is 10.3 Å². The summed E-state index contributed by atoms with van der Waals surface area (Å²) >= 11 is 0. The van der Waals surface area contributed by atoms with Gasteiger partial charge in [-0.05, 0) is 19.1 Å². The van der Waals surface area contributed by atoms with Gasteiger partial charge in [0.25, 0.3) is 5.91 Å². The van der Waals surface area contributed by atoms with Crippen molar-refractivity contribution in [2.24, 2.45) is 0 Å². The molecule has 2 rings (SSSR count). The maximum Gasteiger partial charge on any atom is 0.321 e. The lowest BCUT2D eigenvalue weighted by Gasteiger charge is -2.15. The summed E-state index contributed by atoms with van der Waals surface area (Å²) in [5.74, 6) is -0.190. The van der Waals surface area contributed by atoms with E-state index in [9.17, 15) is 9.18 Å². The van der Waals surface area contributed by atoms with Crippen LogP contribution in [0.3, 0.4) is 0 Å². The first kappa shape index (κ1) is 18.4. The van der Waals surface area contributed by atoms with E-state index in [4.69, 9.17) is 9.47 Å². The van der Waals surface area contributed by atoms with Crippen molar-refractivity contribution in [1.29, 1.82) is 0 Å². The topological polar surface area (TPSA) is 89.5 Å². The zero-order chi connectivity index (χ0) is 18.4. The molecule has 1 N–H and O–H groups in total. The van der Waals surface area contributed by atoms with Crippen LogP contribution in [-0.2, 0) is 11.3 Å². The third kappa shape index (κ3) is 5.00. The predicted molar refractivity (Wildman–Crippen MR) is 89.0 cm³/mol. The van der Waals surface area contributed by atoms with Crippen molar-refractivity contribution in [2.45, 2.75) is 19.6 Å². The van der Waals surface area contributed by atoms with Crippen LogP contribution in [0.25, 0.3) is 0 Å². The minimum absolute atomic E-state index is 0.0156. The number of carbonyl (C=O) groups excluding carboxylic acids is 1. The number of benzene rings is 1. The lowest BCUT2D eigenvalue weighted by molar-refractivity contribution is -0.127. The summed E-state index contributed by atoms with van der Waals surface area (Å²) in [5, 5.41) is 2.64. The van der Waals surface area contributed by atoms with Crippen molar-refractivity contribution < 1.29 is 18.7 Å². The van der Waals surface area contributed by atoms with E-state index in [0.717, 1.165) is 0 Å². The molecule has 0 fully saturated rings. The van der Waals surface area contributed by atoms with Crippen LogP contribution in [0, 0.1) is 5.82 Å². The van der Waals surface area contributed by atoms with Crippen LogP contribution in [-0.4, -0.2) is 48.2 Å². The number of methoxy groups -OCH3 is 1. The summed E-state index contributed by atoms with van der Waals surface area (Å²) in [7, 11) is 5.00. The monoisotopic (exact) mass is 349 g/mol. The van der Waals surface area contributed by atoms with Gasteiger partial charge in [-0.1, -0.05) is 12.1 Å². The molecule has 0 saturated heterocycles. The Kier molecular flexibility index (Phi) is 6.04. The lowest BCUT2D eigenvalue weighted by atomic mass is 10.3. The second-order valence-corrected chi connectivity index (χ2v) is 5.34. The molecule has 1 aromatic carbocycles. The van der Waals surface area contributed by atoms with E-state index in [-0.39, 0.29) is 18.3 Å². The van der Waals surface area contributed by atoms with Crippen molar-refractivity contribution in [3.05, 3.63) is 35.9 Å². The highest BCUT2D eigenvalue weighted by Crippen LogP contribution is 2.17. The number of hydrogen-bond acceptors (Lipinski definition) is 7. The fourth-order valence-electron chi connectivity index (χ4n) is 1.85. The van der Waals surface area contributed by atoms with E-state index in [2.05, 4.69) is 20.3 Å². The number of ether oxygens (including phenoxy) is 2. The molecule has 0 saturated carbocycles. The third-order valence-electron chi connectivity index (χ3n) is 3.16. The summed E-state index contributed by atoms with van der Waals surface area (Å²) in [6, 6.07) is 6.05. The molecule has 0 aliphatic rings. The van der Waals surface area contributed by atoms with Gasteiger partial charge in [-0.25, -0.2) is 4.39 Å². The van der Waals surface area contributed by atoms with Crippen LogP contribution < -0.4 is 19.7 Å². The summed E-state index contributed by atoms with van der Waals surface area (Å²) in [6.45, 7) is 1.59. The summed E-state index contributed by atoms with van der Waals surface area (Å²) in [6.07, 6.45) is -0.881. The minimum atomic E-state index is -0.881. The standard InChI is InChI=1S/C16H20FN5O3/c1-10(25-12-8-6-5-7-11(12)17)14(23)18-9-13-19-15(22(2)3)21-16(20-13)24-4/h5-8,10H,9H2,1-4H3,(H,18,23)/t10-/m1/s1. The normalized spacial score (nSPS) is 11.6. The number of amides is 1. The van der Waals surface area contributed by atoms with Crippen molar-refractivity contribution in [3.63, 3.8) is 0 Å². The smallest absolute Gasteiger partial charge is 0.321 e. The van der Waals surface area contributed by atoms with Crippen LogP contribution in [0.5, 0.6) is 11.8 Å². The van der Waals surface area contributed by atoms with Gasteiger partial charge in [-0.3, -0.25) is 4.79 Å². The number of nitrogens with one attached hydrogen (secondary N) is 1. The highest BCUT2D eigenvalue weighted by atomic mass is 19.1. The molecule has 9 heteroatoms. The maximum atomic E-state index is 13.6.